The number of anilines is 1. The van der Waals surface area contributed by atoms with Crippen molar-refractivity contribution in [3.63, 3.8) is 0 Å². The Bertz CT molecular complexity index is 302. The van der Waals surface area contributed by atoms with E-state index in [0.29, 0.717) is 9.34 Å². The number of amides is 1. The maximum absolute atomic E-state index is 10.7. The van der Waals surface area contributed by atoms with Gasteiger partial charge in [-0.25, -0.2) is 4.79 Å². The van der Waals surface area contributed by atoms with Crippen LogP contribution in [0.15, 0.2) is 12.1 Å². The first-order valence-electron chi connectivity index (χ1n) is 3.52. The molecule has 72 valence electrons. The third-order valence-electron chi connectivity index (χ3n) is 1.38. The monoisotopic (exact) mass is 221 g/mol. The van der Waals surface area contributed by atoms with Crippen LogP contribution in [-0.4, -0.2) is 29.5 Å². The molecule has 1 aromatic rings. The molecule has 0 aromatic carbocycles. The van der Waals surface area contributed by atoms with Gasteiger partial charge in [0, 0.05) is 0 Å². The van der Waals surface area contributed by atoms with Gasteiger partial charge in [0.05, 0.1) is 17.5 Å². The minimum Gasteiger partial charge on any atom is -0.465 e. The molecule has 6 heteroatoms. The van der Waals surface area contributed by atoms with Crippen molar-refractivity contribution in [1.29, 1.82) is 0 Å². The predicted octanol–water partition coefficient (Wildman–Crippen LogP) is 1.88. The van der Waals surface area contributed by atoms with Crippen LogP contribution in [0.2, 0.25) is 4.34 Å². The summed E-state index contributed by atoms with van der Waals surface area (Å²) in [4.78, 5) is 11.7. The molecule has 0 saturated carbocycles. The molecule has 0 radical (unpaired) electrons. The van der Waals surface area contributed by atoms with E-state index in [2.05, 4.69) is 0 Å². The fourth-order valence-corrected chi connectivity index (χ4v) is 1.90. The summed E-state index contributed by atoms with van der Waals surface area (Å²) in [5.74, 6) is 0. The summed E-state index contributed by atoms with van der Waals surface area (Å²) in [6.07, 6.45) is -1.09. The smallest absolute Gasteiger partial charge is 0.412 e. The second kappa shape index (κ2) is 4.45. The minimum atomic E-state index is -1.09. The van der Waals surface area contributed by atoms with Crippen LogP contribution in [0.25, 0.3) is 0 Å². The van der Waals surface area contributed by atoms with E-state index in [1.165, 1.54) is 0 Å². The summed E-state index contributed by atoms with van der Waals surface area (Å²) in [5.41, 5.74) is 0. The van der Waals surface area contributed by atoms with Crippen LogP contribution in [0.1, 0.15) is 0 Å². The number of carbonyl (C=O) groups is 1. The first kappa shape index (κ1) is 10.3. The molecule has 1 rings (SSSR count). The van der Waals surface area contributed by atoms with Crippen molar-refractivity contribution in [3.05, 3.63) is 16.5 Å². The summed E-state index contributed by atoms with van der Waals surface area (Å²) in [6.45, 7) is -0.145. The lowest BCUT2D eigenvalue weighted by Crippen LogP contribution is -2.31. The van der Waals surface area contributed by atoms with Crippen molar-refractivity contribution in [3.8, 4) is 0 Å². The van der Waals surface area contributed by atoms with Crippen LogP contribution in [-0.2, 0) is 0 Å². The van der Waals surface area contributed by atoms with Crippen molar-refractivity contribution < 1.29 is 15.0 Å². The van der Waals surface area contributed by atoms with E-state index in [1.54, 1.807) is 12.1 Å². The Morgan fingerprint density at radius 2 is 2.31 bits per heavy atom. The van der Waals surface area contributed by atoms with Gasteiger partial charge < -0.3 is 10.2 Å². The molecule has 0 aliphatic rings. The molecule has 0 unspecified atom stereocenters. The number of hydrogen-bond donors (Lipinski definition) is 2. The number of carboxylic acid groups (broad SMARTS) is 1. The highest BCUT2D eigenvalue weighted by Gasteiger charge is 2.14. The zero-order valence-corrected chi connectivity index (χ0v) is 8.18. The second-order valence-electron chi connectivity index (χ2n) is 2.24. The quantitative estimate of drug-likeness (QED) is 0.819. The van der Waals surface area contributed by atoms with E-state index in [-0.39, 0.29) is 13.2 Å². The highest BCUT2D eigenvalue weighted by Crippen LogP contribution is 2.29. The van der Waals surface area contributed by atoms with E-state index < -0.39 is 6.09 Å². The molecular weight excluding hydrogens is 214 g/mol. The Morgan fingerprint density at radius 1 is 1.62 bits per heavy atom. The van der Waals surface area contributed by atoms with Gasteiger partial charge in [-0.15, -0.1) is 11.3 Å². The third-order valence-corrected chi connectivity index (χ3v) is 2.63. The van der Waals surface area contributed by atoms with E-state index in [9.17, 15) is 4.79 Å². The summed E-state index contributed by atoms with van der Waals surface area (Å²) in [7, 11) is 0. The molecule has 2 N–H and O–H groups in total. The number of rotatable bonds is 3. The van der Waals surface area contributed by atoms with Gasteiger partial charge in [0.2, 0.25) is 0 Å². The Balaban J connectivity index is 2.81. The van der Waals surface area contributed by atoms with E-state index in [4.69, 9.17) is 21.8 Å². The van der Waals surface area contributed by atoms with E-state index >= 15 is 0 Å². The average molecular weight is 222 g/mol. The molecule has 0 aliphatic heterocycles. The molecule has 1 heterocycles. The minimum absolute atomic E-state index is 0.0617. The van der Waals surface area contributed by atoms with Crippen LogP contribution >= 0.6 is 22.9 Å². The Morgan fingerprint density at radius 3 is 2.69 bits per heavy atom. The average Bonchev–Trinajstić information content (AvgIpc) is 2.46. The van der Waals surface area contributed by atoms with Crippen molar-refractivity contribution >= 4 is 34.0 Å². The molecular formula is C7H8ClNO3S. The van der Waals surface area contributed by atoms with Crippen LogP contribution in [0.3, 0.4) is 0 Å². The lowest BCUT2D eigenvalue weighted by molar-refractivity contribution is 0.198. The Labute approximate surface area is 84.0 Å². The van der Waals surface area contributed by atoms with Gasteiger partial charge >= 0.3 is 6.09 Å². The molecule has 13 heavy (non-hydrogen) atoms. The second-order valence-corrected chi connectivity index (χ2v) is 3.93. The lowest BCUT2D eigenvalue weighted by Gasteiger charge is -2.14. The van der Waals surface area contributed by atoms with Crippen LogP contribution < -0.4 is 4.90 Å². The standard InChI is InChI=1S/C7H8ClNO3S/c8-5-1-2-6(13-5)9(3-4-10)7(11)12/h1-2,10H,3-4H2,(H,11,12). The van der Waals surface area contributed by atoms with Crippen LogP contribution in [0.4, 0.5) is 9.80 Å². The molecule has 0 atom stereocenters. The fourth-order valence-electron chi connectivity index (χ4n) is 0.850. The van der Waals surface area contributed by atoms with Crippen LogP contribution in [0, 0.1) is 0 Å². The van der Waals surface area contributed by atoms with Crippen molar-refractivity contribution in [2.45, 2.75) is 0 Å². The molecule has 0 saturated heterocycles. The zero-order valence-electron chi connectivity index (χ0n) is 6.61. The first-order valence-corrected chi connectivity index (χ1v) is 4.71. The van der Waals surface area contributed by atoms with Gasteiger partial charge in [-0.1, -0.05) is 11.6 Å². The Hall–Kier alpha value is -0.780. The van der Waals surface area contributed by atoms with Crippen molar-refractivity contribution in [2.75, 3.05) is 18.1 Å². The van der Waals surface area contributed by atoms with Gasteiger partial charge in [-0.3, -0.25) is 4.90 Å². The van der Waals surface area contributed by atoms with Gasteiger partial charge in [0.25, 0.3) is 0 Å². The van der Waals surface area contributed by atoms with Gasteiger partial charge in [0.1, 0.15) is 5.00 Å². The largest absolute Gasteiger partial charge is 0.465 e. The van der Waals surface area contributed by atoms with Crippen molar-refractivity contribution in [2.24, 2.45) is 0 Å². The molecule has 4 nitrogen and oxygen atoms in total. The van der Waals surface area contributed by atoms with Crippen LogP contribution in [0.5, 0.6) is 0 Å². The van der Waals surface area contributed by atoms with E-state index in [0.717, 1.165) is 16.2 Å². The molecule has 1 amide bonds. The molecule has 0 fully saturated rings. The molecule has 0 aliphatic carbocycles. The van der Waals surface area contributed by atoms with Gasteiger partial charge in [-0.05, 0) is 12.1 Å². The van der Waals surface area contributed by atoms with Crippen molar-refractivity contribution in [1.82, 2.24) is 0 Å². The van der Waals surface area contributed by atoms with Gasteiger partial charge in [-0.2, -0.15) is 0 Å². The topological polar surface area (TPSA) is 60.8 Å². The summed E-state index contributed by atoms with van der Waals surface area (Å²) >= 11 is 6.81. The maximum Gasteiger partial charge on any atom is 0.412 e. The van der Waals surface area contributed by atoms with E-state index in [1.807, 2.05) is 0 Å². The SMILES string of the molecule is O=C(O)N(CCO)c1ccc(Cl)s1. The number of hydrogen-bond acceptors (Lipinski definition) is 3. The number of aliphatic hydroxyl groups excluding tert-OH is 1. The van der Waals surface area contributed by atoms with Gasteiger partial charge in [0.15, 0.2) is 0 Å². The number of nitrogens with zero attached hydrogens (tertiary/aromatic N) is 1. The summed E-state index contributed by atoms with van der Waals surface area (Å²) in [6, 6.07) is 3.23. The highest BCUT2D eigenvalue weighted by molar-refractivity contribution is 7.20. The highest BCUT2D eigenvalue weighted by atomic mass is 35.5. The predicted molar refractivity (Wildman–Crippen MR) is 51.8 cm³/mol. The summed E-state index contributed by atoms with van der Waals surface area (Å²) < 4.78 is 0.527. The molecule has 0 bridgehead atoms. The maximum atomic E-state index is 10.7. The zero-order chi connectivity index (χ0) is 9.84. The molecule has 0 spiro atoms. The third kappa shape index (κ3) is 2.58. The fraction of sp³-hybridized carbons (Fsp3) is 0.286. The Kier molecular flexibility index (Phi) is 3.53. The number of aliphatic hydroxyl groups is 1. The number of thiophene rings is 1. The normalized spacial score (nSPS) is 10.0. The first-order chi connectivity index (χ1) is 6.15. The lowest BCUT2D eigenvalue weighted by atomic mass is 10.5. The summed E-state index contributed by atoms with van der Waals surface area (Å²) in [5, 5.41) is 17.9. The molecule has 1 aromatic heterocycles. The number of halogens is 1.